The number of carbonyl (C=O) groups is 2. The standard InChI is InChI=1S/C24H28F2N2O3.C2HF3O2/c1-28-13-17-11-18(27-23(29)15-4-6-19(25)20(26)10-15)8-9-24(17,14-28)16-5-7-21(30-2)22(12-16)31-3;3-2(4,5)1(6)7/h4-7,10,12,17-18H,8-9,11,13-14H2,1-3H3,(H,27,29);(H,6,7). The van der Waals surface area contributed by atoms with Crippen LogP contribution in [0, 0.1) is 17.6 Å². The highest BCUT2D eigenvalue weighted by Crippen LogP contribution is 2.49. The van der Waals surface area contributed by atoms with Crippen LogP contribution in [0.2, 0.25) is 0 Å². The predicted octanol–water partition coefficient (Wildman–Crippen LogP) is 4.40. The van der Waals surface area contributed by atoms with E-state index in [1.807, 2.05) is 6.07 Å². The molecule has 38 heavy (non-hydrogen) atoms. The van der Waals surface area contributed by atoms with E-state index in [0.29, 0.717) is 11.7 Å². The molecule has 1 aliphatic carbocycles. The summed E-state index contributed by atoms with van der Waals surface area (Å²) in [6, 6.07) is 9.39. The fraction of sp³-hybridized carbons (Fsp3) is 0.462. The molecule has 3 atom stereocenters. The summed E-state index contributed by atoms with van der Waals surface area (Å²) >= 11 is 0. The molecule has 2 aromatic rings. The molecule has 1 heterocycles. The Labute approximate surface area is 216 Å². The van der Waals surface area contributed by atoms with E-state index in [0.717, 1.165) is 50.2 Å². The topological polar surface area (TPSA) is 88.1 Å². The van der Waals surface area contributed by atoms with Crippen molar-refractivity contribution in [2.45, 2.75) is 36.9 Å². The molecule has 1 saturated heterocycles. The molecule has 1 saturated carbocycles. The maximum atomic E-state index is 13.5. The zero-order valence-corrected chi connectivity index (χ0v) is 21.1. The minimum Gasteiger partial charge on any atom is -0.493 e. The van der Waals surface area contributed by atoms with Gasteiger partial charge in [0.05, 0.1) is 14.2 Å². The van der Waals surface area contributed by atoms with E-state index in [1.165, 1.54) is 11.6 Å². The Balaban J connectivity index is 0.000000505. The lowest BCUT2D eigenvalue weighted by Gasteiger charge is -2.43. The number of aliphatic carboxylic acids is 1. The summed E-state index contributed by atoms with van der Waals surface area (Å²) in [4.78, 5) is 23.8. The van der Waals surface area contributed by atoms with Gasteiger partial charge in [-0.15, -0.1) is 0 Å². The molecule has 2 N–H and O–H groups in total. The third-order valence-electron chi connectivity index (χ3n) is 7.09. The molecule has 0 aromatic heterocycles. The average molecular weight is 545 g/mol. The molecule has 1 aliphatic heterocycles. The Morgan fingerprint density at radius 2 is 1.71 bits per heavy atom. The minimum atomic E-state index is -5.08. The van der Waals surface area contributed by atoms with Gasteiger partial charge in [-0.2, -0.15) is 13.2 Å². The minimum absolute atomic E-state index is 0.00890. The normalized spacial score (nSPS) is 23.1. The van der Waals surface area contributed by atoms with Crippen molar-refractivity contribution < 1.29 is 46.1 Å². The molecular formula is C26H29F5N2O5. The largest absolute Gasteiger partial charge is 0.493 e. The molecular weight excluding hydrogens is 515 g/mol. The maximum absolute atomic E-state index is 13.5. The number of halogens is 5. The van der Waals surface area contributed by atoms with Crippen LogP contribution in [0.15, 0.2) is 36.4 Å². The van der Waals surface area contributed by atoms with Crippen LogP contribution < -0.4 is 14.8 Å². The molecule has 0 spiro atoms. The van der Waals surface area contributed by atoms with E-state index < -0.39 is 23.8 Å². The molecule has 208 valence electrons. The fourth-order valence-corrected chi connectivity index (χ4v) is 5.36. The molecule has 2 aliphatic rings. The average Bonchev–Trinajstić information content (AvgIpc) is 3.21. The van der Waals surface area contributed by atoms with Gasteiger partial charge in [0.15, 0.2) is 23.1 Å². The van der Waals surface area contributed by atoms with Crippen molar-refractivity contribution in [1.82, 2.24) is 10.2 Å². The van der Waals surface area contributed by atoms with E-state index >= 15 is 0 Å². The number of amides is 1. The number of carboxylic acids is 1. The first kappa shape index (κ1) is 29.2. The number of nitrogens with one attached hydrogen (secondary N) is 1. The molecule has 0 bridgehead atoms. The molecule has 7 nitrogen and oxygen atoms in total. The van der Waals surface area contributed by atoms with Gasteiger partial charge >= 0.3 is 12.1 Å². The lowest BCUT2D eigenvalue weighted by molar-refractivity contribution is -0.192. The number of fused-ring (bicyclic) bond motifs is 1. The van der Waals surface area contributed by atoms with Crippen LogP contribution in [0.5, 0.6) is 11.5 Å². The SMILES string of the molecule is COc1ccc(C23CCC(NC(=O)c4ccc(F)c(F)c4)CC2CN(C)C3)cc1OC.O=C(O)C(F)(F)F. The van der Waals surface area contributed by atoms with Crippen molar-refractivity contribution >= 4 is 11.9 Å². The first-order chi connectivity index (χ1) is 17.8. The van der Waals surface area contributed by atoms with Gasteiger partial charge in [-0.3, -0.25) is 4.79 Å². The van der Waals surface area contributed by atoms with Crippen molar-refractivity contribution in [2.75, 3.05) is 34.4 Å². The highest BCUT2D eigenvalue weighted by molar-refractivity contribution is 5.94. The summed E-state index contributed by atoms with van der Waals surface area (Å²) in [6.07, 6.45) is -2.53. The van der Waals surface area contributed by atoms with Crippen LogP contribution in [-0.2, 0) is 10.2 Å². The molecule has 2 fully saturated rings. The zero-order chi connectivity index (χ0) is 28.3. The van der Waals surface area contributed by atoms with Gasteiger partial charge < -0.3 is 24.8 Å². The van der Waals surface area contributed by atoms with Crippen LogP contribution in [0.1, 0.15) is 35.2 Å². The number of likely N-dealkylation sites (tertiary alicyclic amines) is 1. The highest BCUT2D eigenvalue weighted by atomic mass is 19.4. The monoisotopic (exact) mass is 544 g/mol. The zero-order valence-electron chi connectivity index (χ0n) is 21.1. The molecule has 2 aromatic carbocycles. The van der Waals surface area contributed by atoms with Gasteiger partial charge in [0.25, 0.3) is 5.91 Å². The van der Waals surface area contributed by atoms with Crippen molar-refractivity contribution in [2.24, 2.45) is 5.92 Å². The van der Waals surface area contributed by atoms with Crippen molar-refractivity contribution in [3.63, 3.8) is 0 Å². The molecule has 3 unspecified atom stereocenters. The van der Waals surface area contributed by atoms with E-state index in [2.05, 4.69) is 29.4 Å². The van der Waals surface area contributed by atoms with Gasteiger partial charge in [-0.1, -0.05) is 6.07 Å². The Morgan fingerprint density at radius 3 is 2.29 bits per heavy atom. The lowest BCUT2D eigenvalue weighted by atomic mass is 9.63. The van der Waals surface area contributed by atoms with Crippen molar-refractivity contribution in [3.05, 3.63) is 59.2 Å². The van der Waals surface area contributed by atoms with Crippen LogP contribution in [0.25, 0.3) is 0 Å². The first-order valence-electron chi connectivity index (χ1n) is 11.8. The van der Waals surface area contributed by atoms with Gasteiger partial charge in [0, 0.05) is 30.1 Å². The second-order valence-electron chi connectivity index (χ2n) is 9.50. The van der Waals surface area contributed by atoms with Gasteiger partial charge in [-0.05, 0) is 68.1 Å². The van der Waals surface area contributed by atoms with Gasteiger partial charge in [-0.25, -0.2) is 13.6 Å². The summed E-state index contributed by atoms with van der Waals surface area (Å²) in [6.45, 7) is 1.88. The predicted molar refractivity (Wildman–Crippen MR) is 127 cm³/mol. The number of alkyl halides is 3. The summed E-state index contributed by atoms with van der Waals surface area (Å²) in [7, 11) is 5.39. The molecule has 0 radical (unpaired) electrons. The number of methoxy groups -OCH3 is 2. The second kappa shape index (κ2) is 11.5. The van der Waals surface area contributed by atoms with E-state index in [1.54, 1.807) is 14.2 Å². The Kier molecular flexibility index (Phi) is 8.86. The number of carboxylic acid groups (broad SMARTS) is 1. The lowest BCUT2D eigenvalue weighted by Crippen LogP contribution is -2.47. The second-order valence-corrected chi connectivity index (χ2v) is 9.50. The maximum Gasteiger partial charge on any atom is 0.490 e. The summed E-state index contributed by atoms with van der Waals surface area (Å²) in [5.41, 5.74) is 1.35. The van der Waals surface area contributed by atoms with Crippen LogP contribution in [-0.4, -0.2) is 68.5 Å². The molecule has 4 rings (SSSR count). The van der Waals surface area contributed by atoms with E-state index in [4.69, 9.17) is 19.4 Å². The highest BCUT2D eigenvalue weighted by Gasteiger charge is 2.50. The smallest absolute Gasteiger partial charge is 0.490 e. The molecule has 12 heteroatoms. The Hall–Kier alpha value is -3.41. The number of nitrogens with zero attached hydrogens (tertiary/aromatic N) is 1. The third kappa shape index (κ3) is 6.35. The number of hydrogen-bond donors (Lipinski definition) is 2. The number of rotatable bonds is 5. The summed E-state index contributed by atoms with van der Waals surface area (Å²) < 4.78 is 69.4. The van der Waals surface area contributed by atoms with Crippen molar-refractivity contribution in [3.8, 4) is 11.5 Å². The van der Waals surface area contributed by atoms with Crippen molar-refractivity contribution in [1.29, 1.82) is 0 Å². The van der Waals surface area contributed by atoms with E-state index in [-0.39, 0.29) is 22.9 Å². The van der Waals surface area contributed by atoms with E-state index in [9.17, 15) is 26.7 Å². The molecule has 1 amide bonds. The fourth-order valence-electron chi connectivity index (χ4n) is 5.36. The summed E-state index contributed by atoms with van der Waals surface area (Å²) in [5.74, 6) is -3.31. The third-order valence-corrected chi connectivity index (χ3v) is 7.09. The number of likely N-dealkylation sites (N-methyl/N-ethyl adjacent to an activating group) is 1. The number of ether oxygens (including phenoxy) is 2. The van der Waals surface area contributed by atoms with Gasteiger partial charge in [0.1, 0.15) is 0 Å². The first-order valence-corrected chi connectivity index (χ1v) is 11.8. The van der Waals surface area contributed by atoms with Crippen LogP contribution >= 0.6 is 0 Å². The van der Waals surface area contributed by atoms with Crippen LogP contribution in [0.3, 0.4) is 0 Å². The Bertz CT molecular complexity index is 1180. The number of carbonyl (C=O) groups excluding carboxylic acids is 1. The van der Waals surface area contributed by atoms with Gasteiger partial charge in [0.2, 0.25) is 0 Å². The summed E-state index contributed by atoms with van der Waals surface area (Å²) in [5, 5.41) is 10.2. The van der Waals surface area contributed by atoms with Crippen LogP contribution in [0.4, 0.5) is 22.0 Å². The Morgan fingerprint density at radius 1 is 1.05 bits per heavy atom. The number of hydrogen-bond acceptors (Lipinski definition) is 5. The number of benzene rings is 2. The quantitative estimate of drug-likeness (QED) is 0.543.